The summed E-state index contributed by atoms with van der Waals surface area (Å²) in [5, 5.41) is 13.1. The number of benzene rings is 3. The summed E-state index contributed by atoms with van der Waals surface area (Å²) in [5.74, 6) is 0.200. The largest absolute Gasteiger partial charge is 0.478 e. The Hall–Kier alpha value is -3.51. The van der Waals surface area contributed by atoms with Gasteiger partial charge in [-0.15, -0.1) is 0 Å². The Morgan fingerprint density at radius 3 is 2.50 bits per heavy atom. The topological polar surface area (TPSA) is 84.9 Å². The van der Waals surface area contributed by atoms with Crippen molar-refractivity contribution in [3.63, 3.8) is 0 Å². The zero-order valence-corrected chi connectivity index (χ0v) is 18.0. The summed E-state index contributed by atoms with van der Waals surface area (Å²) in [5.41, 5.74) is 3.14. The van der Waals surface area contributed by atoms with E-state index in [1.165, 1.54) is 6.07 Å². The monoisotopic (exact) mass is 449 g/mol. The summed E-state index contributed by atoms with van der Waals surface area (Å²) in [6, 6.07) is 15.8. The number of anilines is 1. The van der Waals surface area contributed by atoms with Crippen LogP contribution in [0.4, 0.5) is 5.69 Å². The summed E-state index contributed by atoms with van der Waals surface area (Å²) in [6.07, 6.45) is 1.49. The van der Waals surface area contributed by atoms with Gasteiger partial charge in [0.2, 0.25) is 12.7 Å². The van der Waals surface area contributed by atoms with Crippen LogP contribution in [0, 0.1) is 6.92 Å². The zero-order valence-electron chi connectivity index (χ0n) is 17.3. The van der Waals surface area contributed by atoms with Gasteiger partial charge in [0.15, 0.2) is 11.5 Å². The highest BCUT2D eigenvalue weighted by molar-refractivity contribution is 6.31. The highest BCUT2D eigenvalue weighted by Crippen LogP contribution is 2.51. The van der Waals surface area contributed by atoms with Crippen LogP contribution in [0.5, 0.6) is 11.5 Å². The first-order chi connectivity index (χ1) is 15.4. The summed E-state index contributed by atoms with van der Waals surface area (Å²) in [7, 11) is 0. The molecule has 3 aromatic rings. The van der Waals surface area contributed by atoms with Gasteiger partial charge in [0, 0.05) is 10.7 Å². The average molecular weight is 450 g/mol. The predicted molar refractivity (Wildman–Crippen MR) is 121 cm³/mol. The third-order valence-corrected chi connectivity index (χ3v) is 6.34. The first kappa shape index (κ1) is 20.4. The molecule has 3 aromatic carbocycles. The van der Waals surface area contributed by atoms with Crippen LogP contribution in [0.3, 0.4) is 0 Å². The quantitative estimate of drug-likeness (QED) is 0.543. The second-order valence-electron chi connectivity index (χ2n) is 8.13. The minimum atomic E-state index is -1.04. The molecule has 1 fully saturated rings. The Balaban J connectivity index is 1.46. The Kier molecular flexibility index (Phi) is 4.82. The fraction of sp³-hybridized carbons (Fsp3) is 0.200. The van der Waals surface area contributed by atoms with Crippen molar-refractivity contribution in [2.75, 3.05) is 12.1 Å². The molecule has 0 saturated heterocycles. The molecule has 0 unspecified atom stereocenters. The number of hydrogen-bond donors (Lipinski definition) is 2. The average Bonchev–Trinajstić information content (AvgIpc) is 3.45. The van der Waals surface area contributed by atoms with E-state index in [9.17, 15) is 14.7 Å². The van der Waals surface area contributed by atoms with E-state index in [-0.39, 0.29) is 18.3 Å². The molecular weight excluding hydrogens is 430 g/mol. The Bertz CT molecular complexity index is 1270. The summed E-state index contributed by atoms with van der Waals surface area (Å²) >= 11 is 6.14. The lowest BCUT2D eigenvalue weighted by molar-refractivity contribution is -0.118. The lowest BCUT2D eigenvalue weighted by Gasteiger charge is -2.18. The van der Waals surface area contributed by atoms with Crippen LogP contribution in [0.15, 0.2) is 54.6 Å². The number of hydrogen-bond acceptors (Lipinski definition) is 4. The molecule has 1 amide bonds. The molecule has 1 aliphatic carbocycles. The molecule has 0 radical (unpaired) electrons. The van der Waals surface area contributed by atoms with E-state index in [0.717, 1.165) is 24.0 Å². The lowest BCUT2D eigenvalue weighted by Crippen LogP contribution is -2.27. The van der Waals surface area contributed by atoms with Gasteiger partial charge in [-0.1, -0.05) is 23.7 Å². The third kappa shape index (κ3) is 3.46. The number of aromatic carboxylic acids is 1. The Morgan fingerprint density at radius 2 is 1.75 bits per heavy atom. The normalized spacial score (nSPS) is 15.3. The number of carbonyl (C=O) groups excluding carboxylic acids is 1. The van der Waals surface area contributed by atoms with Gasteiger partial charge in [-0.2, -0.15) is 0 Å². The maximum atomic E-state index is 13.3. The number of aryl methyl sites for hydroxylation is 1. The van der Waals surface area contributed by atoms with Gasteiger partial charge in [0.25, 0.3) is 0 Å². The molecule has 0 atom stereocenters. The van der Waals surface area contributed by atoms with Gasteiger partial charge < -0.3 is 19.9 Å². The maximum Gasteiger partial charge on any atom is 0.336 e. The van der Waals surface area contributed by atoms with Crippen LogP contribution < -0.4 is 14.8 Å². The van der Waals surface area contributed by atoms with E-state index in [1.807, 2.05) is 37.3 Å². The molecule has 5 rings (SSSR count). The number of halogens is 1. The molecule has 6 nitrogen and oxygen atoms in total. The van der Waals surface area contributed by atoms with E-state index in [4.69, 9.17) is 21.1 Å². The third-order valence-electron chi connectivity index (χ3n) is 6.11. The van der Waals surface area contributed by atoms with E-state index >= 15 is 0 Å². The van der Waals surface area contributed by atoms with Crippen molar-refractivity contribution in [3.8, 4) is 22.6 Å². The molecule has 2 N–H and O–H groups in total. The van der Waals surface area contributed by atoms with Crippen molar-refractivity contribution in [2.45, 2.75) is 25.2 Å². The van der Waals surface area contributed by atoms with E-state index < -0.39 is 11.4 Å². The molecule has 1 aliphatic heterocycles. The van der Waals surface area contributed by atoms with E-state index in [2.05, 4.69) is 5.32 Å². The number of rotatable bonds is 5. The van der Waals surface area contributed by atoms with Crippen molar-refractivity contribution >= 4 is 29.2 Å². The molecule has 7 heteroatoms. The van der Waals surface area contributed by atoms with Gasteiger partial charge in [-0.3, -0.25) is 4.79 Å². The SMILES string of the molecule is Cc1ccc(NC(=O)C2(c3ccc4c(c3)OCO4)CC2)cc1-c1cc(Cl)ccc1C(=O)O. The van der Waals surface area contributed by atoms with Crippen molar-refractivity contribution in [1.82, 2.24) is 0 Å². The minimum absolute atomic E-state index is 0.101. The second-order valence-corrected chi connectivity index (χ2v) is 8.57. The number of fused-ring (bicyclic) bond motifs is 1. The van der Waals surface area contributed by atoms with Crippen molar-refractivity contribution in [3.05, 3.63) is 76.3 Å². The number of carbonyl (C=O) groups is 2. The number of amides is 1. The van der Waals surface area contributed by atoms with Crippen LogP contribution in [-0.2, 0) is 10.2 Å². The number of carboxylic acids is 1. The molecule has 2 aliphatic rings. The predicted octanol–water partition coefficient (Wildman–Crippen LogP) is 5.41. The molecule has 0 spiro atoms. The highest BCUT2D eigenvalue weighted by Gasteiger charge is 2.51. The number of ether oxygens (including phenoxy) is 2. The van der Waals surface area contributed by atoms with Crippen LogP contribution in [0.25, 0.3) is 11.1 Å². The molecule has 32 heavy (non-hydrogen) atoms. The molecule has 0 bridgehead atoms. The minimum Gasteiger partial charge on any atom is -0.478 e. The summed E-state index contributed by atoms with van der Waals surface area (Å²) < 4.78 is 10.8. The Labute approximate surface area is 189 Å². The number of nitrogens with one attached hydrogen (secondary N) is 1. The fourth-order valence-corrected chi connectivity index (χ4v) is 4.30. The van der Waals surface area contributed by atoms with Crippen LogP contribution in [0.2, 0.25) is 5.02 Å². The van der Waals surface area contributed by atoms with E-state index in [1.54, 1.807) is 18.2 Å². The van der Waals surface area contributed by atoms with Crippen molar-refractivity contribution in [2.24, 2.45) is 0 Å². The van der Waals surface area contributed by atoms with Gasteiger partial charge in [-0.05, 0) is 84.5 Å². The van der Waals surface area contributed by atoms with Gasteiger partial charge in [-0.25, -0.2) is 4.79 Å². The van der Waals surface area contributed by atoms with E-state index in [0.29, 0.717) is 33.3 Å². The zero-order chi connectivity index (χ0) is 22.5. The first-order valence-electron chi connectivity index (χ1n) is 10.2. The number of carboxylic acid groups (broad SMARTS) is 1. The van der Waals surface area contributed by atoms with Gasteiger partial charge >= 0.3 is 5.97 Å². The van der Waals surface area contributed by atoms with Crippen LogP contribution >= 0.6 is 11.6 Å². The Morgan fingerprint density at radius 1 is 0.969 bits per heavy atom. The van der Waals surface area contributed by atoms with Crippen LogP contribution in [0.1, 0.15) is 34.3 Å². The molecule has 1 heterocycles. The molecule has 0 aromatic heterocycles. The van der Waals surface area contributed by atoms with Gasteiger partial charge in [0.05, 0.1) is 11.0 Å². The highest BCUT2D eigenvalue weighted by atomic mass is 35.5. The molecular formula is C25H20ClNO5. The fourth-order valence-electron chi connectivity index (χ4n) is 4.13. The summed E-state index contributed by atoms with van der Waals surface area (Å²) in [4.78, 5) is 25.0. The lowest BCUT2D eigenvalue weighted by atomic mass is 9.93. The van der Waals surface area contributed by atoms with Crippen molar-refractivity contribution in [1.29, 1.82) is 0 Å². The maximum absolute atomic E-state index is 13.3. The molecule has 162 valence electrons. The standard InChI is InChI=1S/C25H20ClNO5/c1-14-2-5-17(12-19(14)20-11-16(26)4-6-18(20)23(28)29)27-24(30)25(8-9-25)15-3-7-21-22(10-15)32-13-31-21/h2-7,10-12H,8-9,13H2,1H3,(H,27,30)(H,28,29). The second kappa shape index (κ2) is 7.57. The first-order valence-corrected chi connectivity index (χ1v) is 10.6. The van der Waals surface area contributed by atoms with Crippen molar-refractivity contribution < 1.29 is 24.2 Å². The smallest absolute Gasteiger partial charge is 0.336 e. The molecule has 1 saturated carbocycles. The van der Waals surface area contributed by atoms with Crippen LogP contribution in [-0.4, -0.2) is 23.8 Å². The van der Waals surface area contributed by atoms with Gasteiger partial charge in [0.1, 0.15) is 0 Å². The summed E-state index contributed by atoms with van der Waals surface area (Å²) in [6.45, 7) is 2.08.